The molecule has 11 nitrogen and oxygen atoms in total. The van der Waals surface area contributed by atoms with Gasteiger partial charge in [0.05, 0.1) is 21.6 Å². The highest BCUT2D eigenvalue weighted by atomic mass is 32.2. The van der Waals surface area contributed by atoms with Crippen molar-refractivity contribution < 1.29 is 36.6 Å². The van der Waals surface area contributed by atoms with Crippen molar-refractivity contribution in [2.24, 2.45) is 0 Å². The Morgan fingerprint density at radius 3 is 1.44 bits per heavy atom. The SMILES string of the molecule is CCC(C)(C)c1ccc(S(=O)(=O)Nc2ccc(CCc3ccccc3C(=O)O)cc2)cc1.N#Cc1ccccc1S(=O)(=O)Nc1ccc(CCc2ccccc2C(=O)O)cc1. The number of aryl methyl sites for hydroxylation is 4. The van der Waals surface area contributed by atoms with Crippen LogP contribution in [0, 0.1) is 11.3 Å². The molecule has 6 aromatic carbocycles. The normalized spacial score (nSPS) is 11.4. The van der Waals surface area contributed by atoms with Crippen LogP contribution in [0.4, 0.5) is 11.4 Å². The van der Waals surface area contributed by atoms with Crippen molar-refractivity contribution in [2.75, 3.05) is 9.44 Å². The number of nitrogens with one attached hydrogen (secondary N) is 2. The van der Waals surface area contributed by atoms with Crippen LogP contribution in [-0.2, 0) is 51.1 Å². The Bertz CT molecular complexity index is 2740. The molecule has 0 fully saturated rings. The van der Waals surface area contributed by atoms with E-state index in [-0.39, 0.29) is 26.3 Å². The zero-order valence-corrected chi connectivity index (χ0v) is 35.6. The lowest BCUT2D eigenvalue weighted by atomic mass is 9.82. The van der Waals surface area contributed by atoms with Gasteiger partial charge in [-0.2, -0.15) is 5.26 Å². The lowest BCUT2D eigenvalue weighted by Crippen LogP contribution is -2.17. The van der Waals surface area contributed by atoms with E-state index < -0.39 is 32.0 Å². The summed E-state index contributed by atoms with van der Waals surface area (Å²) in [6.45, 7) is 6.38. The summed E-state index contributed by atoms with van der Waals surface area (Å²) in [6.07, 6.45) is 3.39. The van der Waals surface area contributed by atoms with Crippen LogP contribution in [0.15, 0.2) is 155 Å². The van der Waals surface area contributed by atoms with Crippen molar-refractivity contribution in [2.45, 2.75) is 68.1 Å². The summed E-state index contributed by atoms with van der Waals surface area (Å²) in [4.78, 5) is 22.8. The summed E-state index contributed by atoms with van der Waals surface area (Å²) in [7, 11) is -7.56. The van der Waals surface area contributed by atoms with Crippen LogP contribution in [-0.4, -0.2) is 39.0 Å². The van der Waals surface area contributed by atoms with Gasteiger partial charge in [-0.15, -0.1) is 0 Å². The number of carbonyl (C=O) groups is 2. The van der Waals surface area contributed by atoms with Crippen LogP contribution >= 0.6 is 0 Å². The van der Waals surface area contributed by atoms with Crippen molar-refractivity contribution in [3.05, 3.63) is 190 Å². The topological polar surface area (TPSA) is 191 Å². The quantitative estimate of drug-likeness (QED) is 0.0734. The maximum Gasteiger partial charge on any atom is 0.335 e. The molecular formula is C48H47N3O8S2. The van der Waals surface area contributed by atoms with E-state index in [9.17, 15) is 36.6 Å². The summed E-state index contributed by atoms with van der Waals surface area (Å²) < 4.78 is 55.7. The minimum atomic E-state index is -3.88. The molecule has 0 saturated carbocycles. The molecule has 0 heterocycles. The molecule has 0 aromatic heterocycles. The Labute approximate surface area is 357 Å². The molecule has 0 saturated heterocycles. The van der Waals surface area contributed by atoms with Crippen LogP contribution in [0.25, 0.3) is 0 Å². The fraction of sp³-hybridized carbons (Fsp3) is 0.188. The summed E-state index contributed by atoms with van der Waals surface area (Å²) in [5.41, 5.74) is 6.11. The first-order valence-electron chi connectivity index (χ1n) is 19.5. The predicted molar refractivity (Wildman–Crippen MR) is 237 cm³/mol. The zero-order valence-electron chi connectivity index (χ0n) is 34.0. The van der Waals surface area contributed by atoms with Crippen molar-refractivity contribution >= 4 is 43.4 Å². The minimum Gasteiger partial charge on any atom is -0.478 e. The molecule has 6 rings (SSSR count). The van der Waals surface area contributed by atoms with Crippen molar-refractivity contribution in [1.82, 2.24) is 0 Å². The lowest BCUT2D eigenvalue weighted by Gasteiger charge is -2.23. The van der Waals surface area contributed by atoms with E-state index in [1.54, 1.807) is 97.1 Å². The number of sulfonamides is 2. The maximum atomic E-state index is 12.8. The number of hydrogen-bond acceptors (Lipinski definition) is 7. The Morgan fingerprint density at radius 2 is 1.00 bits per heavy atom. The van der Waals surface area contributed by atoms with E-state index in [0.717, 1.165) is 34.2 Å². The number of carboxylic acid groups (broad SMARTS) is 2. The fourth-order valence-electron chi connectivity index (χ4n) is 6.44. The molecule has 0 atom stereocenters. The number of carboxylic acids is 2. The molecule has 13 heteroatoms. The van der Waals surface area contributed by atoms with Gasteiger partial charge in [-0.1, -0.05) is 106 Å². The van der Waals surface area contributed by atoms with Gasteiger partial charge >= 0.3 is 11.9 Å². The second kappa shape index (κ2) is 20.0. The van der Waals surface area contributed by atoms with Crippen LogP contribution in [0.2, 0.25) is 0 Å². The Morgan fingerprint density at radius 1 is 0.574 bits per heavy atom. The fourth-order valence-corrected chi connectivity index (χ4v) is 8.71. The average molecular weight is 858 g/mol. The molecule has 6 aromatic rings. The van der Waals surface area contributed by atoms with Crippen molar-refractivity contribution in [3.8, 4) is 6.07 Å². The molecular weight excluding hydrogens is 811 g/mol. The van der Waals surface area contributed by atoms with Crippen molar-refractivity contribution in [3.63, 3.8) is 0 Å². The van der Waals surface area contributed by atoms with Gasteiger partial charge in [-0.05, 0) is 126 Å². The van der Waals surface area contributed by atoms with E-state index in [2.05, 4.69) is 30.2 Å². The van der Waals surface area contributed by atoms with E-state index in [1.807, 2.05) is 42.5 Å². The monoisotopic (exact) mass is 857 g/mol. The van der Waals surface area contributed by atoms with Gasteiger partial charge in [-0.25, -0.2) is 26.4 Å². The lowest BCUT2D eigenvalue weighted by molar-refractivity contribution is 0.0684. The third-order valence-electron chi connectivity index (χ3n) is 10.4. The van der Waals surface area contributed by atoms with E-state index >= 15 is 0 Å². The number of rotatable bonds is 16. The molecule has 0 aliphatic heterocycles. The summed E-state index contributed by atoms with van der Waals surface area (Å²) in [5.74, 6) is -1.89. The first kappa shape index (κ1) is 45.3. The van der Waals surface area contributed by atoms with E-state index in [1.165, 1.54) is 12.1 Å². The summed E-state index contributed by atoms with van der Waals surface area (Å²) in [6, 6.07) is 42.8. The number of nitriles is 1. The molecule has 4 N–H and O–H groups in total. The van der Waals surface area contributed by atoms with E-state index in [0.29, 0.717) is 42.6 Å². The number of aromatic carboxylic acids is 2. The average Bonchev–Trinajstić information content (AvgIpc) is 3.26. The van der Waals surface area contributed by atoms with Gasteiger partial charge in [0.25, 0.3) is 20.0 Å². The van der Waals surface area contributed by atoms with Gasteiger partial charge in [0.2, 0.25) is 0 Å². The van der Waals surface area contributed by atoms with Gasteiger partial charge < -0.3 is 10.2 Å². The highest BCUT2D eigenvalue weighted by molar-refractivity contribution is 7.93. The highest BCUT2D eigenvalue weighted by Gasteiger charge is 2.21. The van der Waals surface area contributed by atoms with Crippen molar-refractivity contribution in [1.29, 1.82) is 5.26 Å². The molecule has 61 heavy (non-hydrogen) atoms. The molecule has 314 valence electrons. The van der Waals surface area contributed by atoms with Crippen LogP contribution in [0.1, 0.15) is 81.3 Å². The Balaban J connectivity index is 0.000000232. The standard InChI is InChI=1S/C26H29NO4S.C22H18N2O4S/c1-4-26(2,3)21-13-17-23(18-14-21)32(30,31)27-22-15-10-19(11-16-22)9-12-20-7-5-6-8-24(20)25(28)29;23-15-18-6-2-4-8-21(18)29(27,28)24-19-13-10-16(11-14-19)9-12-17-5-1-3-7-20(17)22(25)26/h5-8,10-11,13-18,27H,4,9,12H2,1-3H3,(H,28,29);1-8,10-11,13-14,24H,9,12H2,(H,25,26). The predicted octanol–water partition coefficient (Wildman–Crippen LogP) is 9.50. The Hall–Kier alpha value is -6.75. The van der Waals surface area contributed by atoms with Crippen LogP contribution < -0.4 is 9.44 Å². The smallest absolute Gasteiger partial charge is 0.335 e. The third-order valence-corrected chi connectivity index (χ3v) is 13.2. The van der Waals surface area contributed by atoms with Crippen LogP contribution in [0.3, 0.4) is 0 Å². The molecule has 0 bridgehead atoms. The van der Waals surface area contributed by atoms with E-state index in [4.69, 9.17) is 5.26 Å². The summed E-state index contributed by atoms with van der Waals surface area (Å²) in [5, 5.41) is 27.7. The highest BCUT2D eigenvalue weighted by Crippen LogP contribution is 2.28. The first-order chi connectivity index (χ1) is 29.0. The van der Waals surface area contributed by atoms with Crippen LogP contribution in [0.5, 0.6) is 0 Å². The number of hydrogen-bond donors (Lipinski definition) is 4. The molecule has 0 aliphatic carbocycles. The second-order valence-corrected chi connectivity index (χ2v) is 18.2. The molecule has 0 radical (unpaired) electrons. The first-order valence-corrected chi connectivity index (χ1v) is 22.4. The van der Waals surface area contributed by atoms with Gasteiger partial charge in [0.1, 0.15) is 11.0 Å². The molecule has 0 unspecified atom stereocenters. The molecule has 0 spiro atoms. The third kappa shape index (κ3) is 12.2. The Kier molecular flexibility index (Phi) is 14.9. The number of anilines is 2. The summed E-state index contributed by atoms with van der Waals surface area (Å²) >= 11 is 0. The largest absolute Gasteiger partial charge is 0.478 e. The van der Waals surface area contributed by atoms with Gasteiger partial charge in [-0.3, -0.25) is 9.44 Å². The number of nitrogens with zero attached hydrogens (tertiary/aromatic N) is 1. The van der Waals surface area contributed by atoms with Gasteiger partial charge in [0, 0.05) is 11.4 Å². The molecule has 0 amide bonds. The van der Waals surface area contributed by atoms with Gasteiger partial charge in [0.15, 0.2) is 0 Å². The minimum absolute atomic E-state index is 0.00344. The molecule has 0 aliphatic rings. The zero-order chi connectivity index (χ0) is 44.2. The second-order valence-electron chi connectivity index (χ2n) is 14.9. The maximum absolute atomic E-state index is 12.8. The number of benzene rings is 6.